The summed E-state index contributed by atoms with van der Waals surface area (Å²) in [5, 5.41) is 4.10. The molecule has 0 fully saturated rings. The second kappa shape index (κ2) is 10.9. The van der Waals surface area contributed by atoms with Crippen LogP contribution in [0.2, 0.25) is 5.02 Å². The predicted molar refractivity (Wildman–Crippen MR) is 123 cm³/mol. The van der Waals surface area contributed by atoms with Crippen molar-refractivity contribution in [3.8, 4) is 11.5 Å². The van der Waals surface area contributed by atoms with E-state index in [1.54, 1.807) is 24.4 Å². The van der Waals surface area contributed by atoms with Gasteiger partial charge in [-0.1, -0.05) is 29.8 Å². The van der Waals surface area contributed by atoms with Crippen LogP contribution in [-0.4, -0.2) is 30.4 Å². The minimum atomic E-state index is -0.124. The van der Waals surface area contributed by atoms with E-state index in [4.69, 9.17) is 21.1 Å². The second-order valence-corrected chi connectivity index (χ2v) is 8.34. The first-order valence-electron chi connectivity index (χ1n) is 9.76. The third-order valence-corrected chi connectivity index (χ3v) is 5.78. The Morgan fingerprint density at radius 2 is 1.97 bits per heavy atom. The van der Waals surface area contributed by atoms with Crippen LogP contribution in [0.4, 0.5) is 5.13 Å². The molecule has 1 N–H and O–H groups in total. The van der Waals surface area contributed by atoms with Crippen LogP contribution in [-0.2, 0) is 11.2 Å². The number of aromatic nitrogens is 1. The van der Waals surface area contributed by atoms with E-state index >= 15 is 0 Å². The molecule has 31 heavy (non-hydrogen) atoms. The molecule has 3 aromatic rings. The number of carbonyl (C=O) groups is 2. The number of hydrogen-bond acceptors (Lipinski definition) is 6. The minimum absolute atomic E-state index is 0.0428. The molecule has 0 aliphatic carbocycles. The lowest BCUT2D eigenvalue weighted by Crippen LogP contribution is -2.12. The van der Waals surface area contributed by atoms with Crippen LogP contribution >= 0.6 is 22.9 Å². The zero-order valence-electron chi connectivity index (χ0n) is 17.3. The summed E-state index contributed by atoms with van der Waals surface area (Å²) in [7, 11) is 1.52. The number of hydrogen-bond donors (Lipinski definition) is 1. The second-order valence-electron chi connectivity index (χ2n) is 6.82. The fraction of sp³-hybridized carbons (Fsp3) is 0.261. The number of anilines is 1. The molecule has 0 radical (unpaired) electrons. The fourth-order valence-corrected chi connectivity index (χ4v) is 3.93. The molecule has 0 saturated carbocycles. The summed E-state index contributed by atoms with van der Waals surface area (Å²) < 4.78 is 11.0. The highest BCUT2D eigenvalue weighted by atomic mass is 35.5. The summed E-state index contributed by atoms with van der Waals surface area (Å²) in [6.07, 6.45) is 3.25. The number of rotatable bonds is 10. The maximum absolute atomic E-state index is 12.2. The van der Waals surface area contributed by atoms with Crippen LogP contribution in [0.25, 0.3) is 0 Å². The lowest BCUT2D eigenvalue weighted by molar-refractivity contribution is -0.116. The number of halogens is 1. The van der Waals surface area contributed by atoms with Crippen molar-refractivity contribution >= 4 is 39.8 Å². The number of carbonyl (C=O) groups excluding carboxylic acids is 2. The first kappa shape index (κ1) is 22.8. The maximum Gasteiger partial charge on any atom is 0.226 e. The molecule has 2 aromatic carbocycles. The van der Waals surface area contributed by atoms with E-state index in [-0.39, 0.29) is 11.7 Å². The number of amides is 1. The molecule has 0 bridgehead atoms. The summed E-state index contributed by atoms with van der Waals surface area (Å²) in [6, 6.07) is 12.7. The van der Waals surface area contributed by atoms with Crippen LogP contribution in [0.3, 0.4) is 0 Å². The zero-order chi connectivity index (χ0) is 22.2. The molecule has 0 aliphatic rings. The fourth-order valence-electron chi connectivity index (χ4n) is 2.88. The predicted octanol–water partition coefficient (Wildman–Crippen LogP) is 5.40. The van der Waals surface area contributed by atoms with E-state index in [0.717, 1.165) is 10.4 Å². The van der Waals surface area contributed by atoms with E-state index in [1.807, 2.05) is 24.3 Å². The van der Waals surface area contributed by atoms with Gasteiger partial charge in [-0.25, -0.2) is 4.98 Å². The summed E-state index contributed by atoms with van der Waals surface area (Å²) >= 11 is 7.63. The van der Waals surface area contributed by atoms with Crippen LogP contribution in [0, 0.1) is 0 Å². The van der Waals surface area contributed by atoms with Crippen molar-refractivity contribution < 1.29 is 19.1 Å². The maximum atomic E-state index is 12.2. The van der Waals surface area contributed by atoms with Gasteiger partial charge in [-0.15, -0.1) is 11.3 Å². The molecule has 0 unspecified atom stereocenters. The van der Waals surface area contributed by atoms with Crippen LogP contribution in [0.1, 0.15) is 40.6 Å². The molecular weight excluding hydrogens is 436 g/mol. The monoisotopic (exact) mass is 458 g/mol. The minimum Gasteiger partial charge on any atom is -0.493 e. The van der Waals surface area contributed by atoms with Gasteiger partial charge in [-0.05, 0) is 43.2 Å². The highest BCUT2D eigenvalue weighted by molar-refractivity contribution is 7.15. The van der Waals surface area contributed by atoms with Crippen molar-refractivity contribution in [2.75, 3.05) is 19.0 Å². The Hall–Kier alpha value is -2.90. The Labute approximate surface area is 190 Å². The van der Waals surface area contributed by atoms with Gasteiger partial charge in [0.1, 0.15) is 0 Å². The van der Waals surface area contributed by atoms with Gasteiger partial charge in [-0.2, -0.15) is 0 Å². The molecule has 1 aromatic heterocycles. The summed E-state index contributed by atoms with van der Waals surface area (Å²) in [4.78, 5) is 29.0. The normalized spacial score (nSPS) is 10.5. The van der Waals surface area contributed by atoms with Gasteiger partial charge in [0.05, 0.1) is 13.7 Å². The number of ether oxygens (including phenoxy) is 2. The first-order chi connectivity index (χ1) is 15.0. The van der Waals surface area contributed by atoms with Crippen molar-refractivity contribution in [3.05, 3.63) is 69.7 Å². The smallest absolute Gasteiger partial charge is 0.226 e. The lowest BCUT2D eigenvalue weighted by atomic mass is 10.1. The van der Waals surface area contributed by atoms with Crippen molar-refractivity contribution in [3.63, 3.8) is 0 Å². The molecule has 0 spiro atoms. The van der Waals surface area contributed by atoms with Gasteiger partial charge in [0.2, 0.25) is 5.91 Å². The molecule has 0 saturated heterocycles. The number of benzene rings is 2. The molecule has 8 heteroatoms. The van der Waals surface area contributed by atoms with Crippen molar-refractivity contribution in [2.24, 2.45) is 0 Å². The number of nitrogens with one attached hydrogen (secondary N) is 1. The van der Waals surface area contributed by atoms with Crippen molar-refractivity contribution in [2.45, 2.75) is 26.2 Å². The summed E-state index contributed by atoms with van der Waals surface area (Å²) in [5.41, 5.74) is 1.58. The Bertz CT molecular complexity index is 1070. The Kier molecular flexibility index (Phi) is 8.03. The largest absolute Gasteiger partial charge is 0.493 e. The lowest BCUT2D eigenvalue weighted by Gasteiger charge is -2.11. The topological polar surface area (TPSA) is 77.5 Å². The van der Waals surface area contributed by atoms with E-state index in [1.165, 1.54) is 25.4 Å². The summed E-state index contributed by atoms with van der Waals surface area (Å²) in [6.45, 7) is 1.84. The SMILES string of the molecule is COc1cc(C(C)=O)ccc1OCCCC(=O)Nc1ncc(Cc2ccccc2Cl)s1. The van der Waals surface area contributed by atoms with Gasteiger partial charge >= 0.3 is 0 Å². The van der Waals surface area contributed by atoms with E-state index in [2.05, 4.69) is 10.3 Å². The highest BCUT2D eigenvalue weighted by Gasteiger charge is 2.11. The van der Waals surface area contributed by atoms with Crippen LogP contribution in [0.15, 0.2) is 48.7 Å². The Balaban J connectivity index is 1.44. The summed E-state index contributed by atoms with van der Waals surface area (Å²) in [5.74, 6) is 0.864. The van der Waals surface area contributed by atoms with Crippen LogP contribution < -0.4 is 14.8 Å². The molecule has 1 amide bonds. The van der Waals surface area contributed by atoms with E-state index in [9.17, 15) is 9.59 Å². The average molecular weight is 459 g/mol. The third-order valence-electron chi connectivity index (χ3n) is 4.50. The quantitative estimate of drug-likeness (QED) is 0.325. The molecule has 3 rings (SSSR count). The first-order valence-corrected chi connectivity index (χ1v) is 11.0. The van der Waals surface area contributed by atoms with E-state index < -0.39 is 0 Å². The van der Waals surface area contributed by atoms with Crippen molar-refractivity contribution in [1.82, 2.24) is 4.98 Å². The number of nitrogens with zero attached hydrogens (tertiary/aromatic N) is 1. The third kappa shape index (κ3) is 6.54. The molecule has 162 valence electrons. The molecule has 0 aliphatic heterocycles. The Morgan fingerprint density at radius 1 is 1.16 bits per heavy atom. The number of ketones is 1. The number of Topliss-reactive ketones (excluding diaryl/α,β-unsaturated/α-hetero) is 1. The zero-order valence-corrected chi connectivity index (χ0v) is 18.9. The standard InChI is InChI=1S/C23H23ClN2O4S/c1-15(27)16-9-10-20(21(13-16)29-2)30-11-5-8-22(28)26-23-25-14-18(31-23)12-17-6-3-4-7-19(17)24/h3-4,6-7,9-10,13-14H,5,8,11-12H2,1-2H3,(H,25,26,28). The molecule has 1 heterocycles. The van der Waals surface area contributed by atoms with Gasteiger partial charge in [0.25, 0.3) is 0 Å². The Morgan fingerprint density at radius 3 is 2.71 bits per heavy atom. The van der Waals surface area contributed by atoms with Gasteiger partial charge in [-0.3, -0.25) is 9.59 Å². The van der Waals surface area contributed by atoms with Crippen LogP contribution in [0.5, 0.6) is 11.5 Å². The number of thiazole rings is 1. The average Bonchev–Trinajstić information content (AvgIpc) is 3.19. The highest BCUT2D eigenvalue weighted by Crippen LogP contribution is 2.28. The molecular formula is C23H23ClN2O4S. The number of methoxy groups -OCH3 is 1. The van der Waals surface area contributed by atoms with Crippen molar-refractivity contribution in [1.29, 1.82) is 0 Å². The van der Waals surface area contributed by atoms with Gasteiger partial charge < -0.3 is 14.8 Å². The molecule has 0 atom stereocenters. The molecule has 6 nitrogen and oxygen atoms in total. The van der Waals surface area contributed by atoms with Gasteiger partial charge in [0, 0.05) is 34.5 Å². The van der Waals surface area contributed by atoms with Gasteiger partial charge in [0.15, 0.2) is 22.4 Å². The van der Waals surface area contributed by atoms with E-state index in [0.29, 0.717) is 53.1 Å².